The molecule has 4 bridgehead atoms. The molecule has 1 saturated heterocycles. The van der Waals surface area contributed by atoms with E-state index in [4.69, 9.17) is 14.5 Å². The number of rotatable bonds is 3. The van der Waals surface area contributed by atoms with Crippen LogP contribution in [0.4, 0.5) is 17.3 Å². The van der Waals surface area contributed by atoms with Crippen LogP contribution in [0.25, 0.3) is 22.5 Å². The molecule has 0 spiro atoms. The Bertz CT molecular complexity index is 1460. The van der Waals surface area contributed by atoms with E-state index in [9.17, 15) is 0 Å². The molecule has 3 aromatic heterocycles. The molecule has 5 heterocycles. The summed E-state index contributed by atoms with van der Waals surface area (Å²) in [6.07, 6.45) is 8.28. The molecule has 0 unspecified atom stereocenters. The molecular formula is C30H36N8O2. The van der Waals surface area contributed by atoms with Gasteiger partial charge in [-0.1, -0.05) is 12.1 Å². The summed E-state index contributed by atoms with van der Waals surface area (Å²) in [7, 11) is 6.20. The third-order valence-electron chi connectivity index (χ3n) is 7.73. The lowest BCUT2D eigenvalue weighted by Gasteiger charge is -2.36. The molecule has 10 heteroatoms. The largest absolute Gasteiger partial charge is 0.490 e. The first kappa shape index (κ1) is 26.1. The maximum atomic E-state index is 6.49. The Labute approximate surface area is 235 Å². The molecule has 0 aliphatic carbocycles. The van der Waals surface area contributed by atoms with Gasteiger partial charge in [0.15, 0.2) is 5.82 Å². The van der Waals surface area contributed by atoms with Crippen molar-refractivity contribution in [3.8, 4) is 34.1 Å². The molecule has 1 aromatic carbocycles. The summed E-state index contributed by atoms with van der Waals surface area (Å²) < 4.78 is 14.3. The standard InChI is InChI=1S/C30H36N8O2/c1-20-12-16-39-30-25(19-33-37(30)4)29-31-13-9-27(35-29)34-28-17-26(40-20)24(18-32-28)21-5-7-23(8-6-21)38-14-10-22(11-15-38)36(2)3/h5-9,13,17-20,22H,10-12,14-16H2,1-4H3,(H,31,32,34,35)/t20-/m0/s1. The van der Waals surface area contributed by atoms with Crippen LogP contribution in [0.15, 0.2) is 55.0 Å². The van der Waals surface area contributed by atoms with Crippen LogP contribution < -0.4 is 19.7 Å². The third kappa shape index (κ3) is 5.44. The van der Waals surface area contributed by atoms with E-state index in [2.05, 4.69) is 75.5 Å². The fourth-order valence-electron chi connectivity index (χ4n) is 5.35. The number of anilines is 3. The van der Waals surface area contributed by atoms with E-state index in [0.29, 0.717) is 42.4 Å². The van der Waals surface area contributed by atoms with E-state index >= 15 is 0 Å². The van der Waals surface area contributed by atoms with E-state index in [1.807, 2.05) is 25.4 Å². The second-order valence-corrected chi connectivity index (χ2v) is 10.7. The molecule has 1 fully saturated rings. The minimum atomic E-state index is -0.0834. The summed E-state index contributed by atoms with van der Waals surface area (Å²) in [6.45, 7) is 4.67. The van der Waals surface area contributed by atoms with Crippen molar-refractivity contribution in [1.29, 1.82) is 0 Å². The Balaban J connectivity index is 1.28. The molecule has 10 nitrogen and oxygen atoms in total. The summed E-state index contributed by atoms with van der Waals surface area (Å²) in [5, 5.41) is 7.67. The smallest absolute Gasteiger partial charge is 0.222 e. The van der Waals surface area contributed by atoms with Gasteiger partial charge in [0.2, 0.25) is 5.88 Å². The van der Waals surface area contributed by atoms with Crippen LogP contribution in [0, 0.1) is 0 Å². The lowest BCUT2D eigenvalue weighted by atomic mass is 10.0. The topological polar surface area (TPSA) is 93.5 Å². The number of aryl methyl sites for hydroxylation is 1. The number of ether oxygens (including phenoxy) is 2. The Morgan fingerprint density at radius 1 is 0.950 bits per heavy atom. The van der Waals surface area contributed by atoms with E-state index in [1.165, 1.54) is 18.5 Å². The molecule has 0 amide bonds. The van der Waals surface area contributed by atoms with Gasteiger partial charge in [-0.3, -0.25) is 0 Å². The first-order valence-corrected chi connectivity index (χ1v) is 13.9. The molecule has 0 radical (unpaired) electrons. The summed E-state index contributed by atoms with van der Waals surface area (Å²) in [4.78, 5) is 18.7. The number of piperidine rings is 1. The fourth-order valence-corrected chi connectivity index (χ4v) is 5.35. The average Bonchev–Trinajstić information content (AvgIpc) is 3.33. The Kier molecular flexibility index (Phi) is 7.25. The number of benzene rings is 1. The van der Waals surface area contributed by atoms with Crippen LogP contribution in [0.5, 0.6) is 11.6 Å². The number of pyridine rings is 1. The van der Waals surface area contributed by atoms with Crippen molar-refractivity contribution in [2.45, 2.75) is 38.3 Å². The van der Waals surface area contributed by atoms with E-state index in [1.54, 1.807) is 17.1 Å². The van der Waals surface area contributed by atoms with Crippen LogP contribution in [0.2, 0.25) is 0 Å². The highest BCUT2D eigenvalue weighted by Gasteiger charge is 2.22. The number of nitrogens with zero attached hydrogens (tertiary/aromatic N) is 7. The van der Waals surface area contributed by atoms with E-state index in [-0.39, 0.29) is 6.10 Å². The van der Waals surface area contributed by atoms with Gasteiger partial charge in [0.25, 0.3) is 0 Å². The van der Waals surface area contributed by atoms with Crippen LogP contribution in [0.3, 0.4) is 0 Å². The van der Waals surface area contributed by atoms with Gasteiger partial charge in [-0.25, -0.2) is 19.6 Å². The van der Waals surface area contributed by atoms with E-state index < -0.39 is 0 Å². The number of aromatic nitrogens is 5. The van der Waals surface area contributed by atoms with Gasteiger partial charge in [-0.2, -0.15) is 5.10 Å². The van der Waals surface area contributed by atoms with Crippen LogP contribution in [-0.4, -0.2) is 75.6 Å². The molecule has 6 rings (SSSR count). The first-order valence-electron chi connectivity index (χ1n) is 13.9. The van der Waals surface area contributed by atoms with Crippen molar-refractivity contribution in [2.75, 3.05) is 44.0 Å². The van der Waals surface area contributed by atoms with Gasteiger partial charge in [0.1, 0.15) is 22.9 Å². The van der Waals surface area contributed by atoms with Gasteiger partial charge in [0.05, 0.1) is 18.9 Å². The van der Waals surface area contributed by atoms with Crippen LogP contribution in [-0.2, 0) is 7.05 Å². The number of nitrogens with one attached hydrogen (secondary N) is 1. The van der Waals surface area contributed by atoms with Crippen molar-refractivity contribution in [1.82, 2.24) is 29.6 Å². The highest BCUT2D eigenvalue weighted by atomic mass is 16.5. The minimum absolute atomic E-state index is 0.0834. The zero-order valence-corrected chi connectivity index (χ0v) is 23.5. The molecule has 4 aromatic rings. The SMILES string of the molecule is C[C@H]1CCOc2c(cnn2C)-c2nccc(n2)Nc2cc(c(-c3ccc(N4CCC(N(C)C)CC4)cc3)cn2)O1. The highest BCUT2D eigenvalue weighted by Crippen LogP contribution is 2.35. The fraction of sp³-hybridized carbons (Fsp3) is 0.400. The van der Waals surface area contributed by atoms with Crippen molar-refractivity contribution in [2.24, 2.45) is 7.05 Å². The van der Waals surface area contributed by atoms with Gasteiger partial charge < -0.3 is 24.6 Å². The molecule has 0 saturated carbocycles. The number of hydrogen-bond donors (Lipinski definition) is 1. The Morgan fingerprint density at radius 3 is 2.52 bits per heavy atom. The monoisotopic (exact) mass is 540 g/mol. The third-order valence-corrected chi connectivity index (χ3v) is 7.73. The second kappa shape index (κ2) is 11.1. The van der Waals surface area contributed by atoms with E-state index in [0.717, 1.165) is 35.5 Å². The maximum absolute atomic E-state index is 6.49. The molecular weight excluding hydrogens is 504 g/mol. The predicted octanol–water partition coefficient (Wildman–Crippen LogP) is 4.76. The van der Waals surface area contributed by atoms with Gasteiger partial charge in [-0.05, 0) is 57.6 Å². The summed E-state index contributed by atoms with van der Waals surface area (Å²) >= 11 is 0. The van der Waals surface area contributed by atoms with Crippen molar-refractivity contribution >= 4 is 17.3 Å². The maximum Gasteiger partial charge on any atom is 0.222 e. The first-order chi connectivity index (χ1) is 19.4. The van der Waals surface area contributed by atoms with Crippen LogP contribution in [0.1, 0.15) is 26.2 Å². The number of fused-ring (bicyclic) bond motifs is 6. The molecule has 1 N–H and O–H groups in total. The average molecular weight is 541 g/mol. The lowest BCUT2D eigenvalue weighted by Crippen LogP contribution is -2.41. The molecule has 2 aliphatic heterocycles. The normalized spacial score (nSPS) is 17.8. The second-order valence-electron chi connectivity index (χ2n) is 10.7. The lowest BCUT2D eigenvalue weighted by molar-refractivity contribution is 0.173. The number of hydrogen-bond acceptors (Lipinski definition) is 9. The summed E-state index contributed by atoms with van der Waals surface area (Å²) in [5.74, 6) is 3.20. The van der Waals surface area contributed by atoms with Crippen molar-refractivity contribution < 1.29 is 9.47 Å². The summed E-state index contributed by atoms with van der Waals surface area (Å²) in [5.41, 5.74) is 4.00. The van der Waals surface area contributed by atoms with Gasteiger partial charge in [0, 0.05) is 62.3 Å². The Morgan fingerprint density at radius 2 is 1.75 bits per heavy atom. The van der Waals surface area contributed by atoms with Crippen molar-refractivity contribution in [3.05, 3.63) is 55.0 Å². The molecule has 1 atom stereocenters. The molecule has 40 heavy (non-hydrogen) atoms. The van der Waals surface area contributed by atoms with Crippen LogP contribution >= 0.6 is 0 Å². The van der Waals surface area contributed by atoms with Crippen molar-refractivity contribution in [3.63, 3.8) is 0 Å². The molecule has 208 valence electrons. The zero-order valence-electron chi connectivity index (χ0n) is 23.5. The summed E-state index contributed by atoms with van der Waals surface area (Å²) in [6, 6.07) is 13.2. The zero-order chi connectivity index (χ0) is 27.6. The molecule has 2 aliphatic rings. The van der Waals surface area contributed by atoms with Gasteiger partial charge in [-0.15, -0.1) is 0 Å². The predicted molar refractivity (Wildman–Crippen MR) is 156 cm³/mol. The highest BCUT2D eigenvalue weighted by molar-refractivity contribution is 5.74. The van der Waals surface area contributed by atoms with Gasteiger partial charge >= 0.3 is 0 Å². The Hall–Kier alpha value is -4.18. The quantitative estimate of drug-likeness (QED) is 0.395. The minimum Gasteiger partial charge on any atom is -0.490 e.